The highest BCUT2D eigenvalue weighted by atomic mass is 19.1. The molecule has 0 saturated heterocycles. The van der Waals surface area contributed by atoms with Crippen molar-refractivity contribution in [3.63, 3.8) is 0 Å². The number of fused-ring (bicyclic) bond motifs is 5. The molecule has 0 N–H and O–H groups in total. The lowest BCUT2D eigenvalue weighted by molar-refractivity contribution is -0.137. The maximum Gasteiger partial charge on any atom is 0.104 e. The van der Waals surface area contributed by atoms with E-state index in [9.17, 15) is 0 Å². The van der Waals surface area contributed by atoms with Crippen LogP contribution in [0.15, 0.2) is 12.2 Å². The third-order valence-corrected chi connectivity index (χ3v) is 8.79. The first-order chi connectivity index (χ1) is 10.5. The van der Waals surface area contributed by atoms with E-state index in [0.717, 1.165) is 30.6 Å². The topological polar surface area (TPSA) is 0 Å². The SMILES string of the molecule is CC[C@H]1CC[C@H]2[C@@H]3CCC4CC=CC[C@]4(C)[C@H]3[C@@H](F)C[C@]12C. The van der Waals surface area contributed by atoms with Gasteiger partial charge in [0.25, 0.3) is 0 Å². The minimum atomic E-state index is -0.558. The molecule has 0 aliphatic heterocycles. The van der Waals surface area contributed by atoms with Crippen LogP contribution in [-0.2, 0) is 0 Å². The van der Waals surface area contributed by atoms with Crippen molar-refractivity contribution in [2.45, 2.75) is 78.3 Å². The normalized spacial score (nSPS) is 57.1. The molecule has 1 unspecified atom stereocenters. The molecule has 0 amide bonds. The van der Waals surface area contributed by atoms with Gasteiger partial charge in [-0.15, -0.1) is 0 Å². The summed E-state index contributed by atoms with van der Waals surface area (Å²) in [5, 5.41) is 0. The molecule has 4 aliphatic rings. The molecule has 0 heterocycles. The first-order valence-electron chi connectivity index (χ1n) is 9.79. The van der Waals surface area contributed by atoms with Crippen LogP contribution in [0.5, 0.6) is 0 Å². The second-order valence-corrected chi connectivity index (χ2v) is 9.40. The standard InChI is InChI=1S/C21H33F/c1-4-14-9-11-17-16-10-8-15-7-5-6-12-20(15,2)19(16)18(22)13-21(14,17)3/h5-6,14-19H,4,7-13H2,1-3H3/t14-,15?,16-,17-,18-,19+,20-,21+/m0/s1. The van der Waals surface area contributed by atoms with E-state index in [4.69, 9.17) is 0 Å². The van der Waals surface area contributed by atoms with Crippen molar-refractivity contribution >= 4 is 0 Å². The molecule has 0 aromatic heterocycles. The summed E-state index contributed by atoms with van der Waals surface area (Å²) in [7, 11) is 0. The van der Waals surface area contributed by atoms with Gasteiger partial charge in [-0.25, -0.2) is 4.39 Å². The summed E-state index contributed by atoms with van der Waals surface area (Å²) in [6.07, 6.45) is 14.0. The van der Waals surface area contributed by atoms with Gasteiger partial charge in [-0.2, -0.15) is 0 Å². The summed E-state index contributed by atoms with van der Waals surface area (Å²) in [6, 6.07) is 0. The number of hydrogen-bond donors (Lipinski definition) is 0. The molecule has 8 atom stereocenters. The molecule has 0 aromatic carbocycles. The maximum absolute atomic E-state index is 15.5. The molecule has 0 nitrogen and oxygen atoms in total. The summed E-state index contributed by atoms with van der Waals surface area (Å²) in [5.41, 5.74) is 0.533. The molecular weight excluding hydrogens is 271 g/mol. The quantitative estimate of drug-likeness (QED) is 0.508. The van der Waals surface area contributed by atoms with Crippen molar-refractivity contribution in [3.05, 3.63) is 12.2 Å². The molecular formula is C21H33F. The Balaban J connectivity index is 1.70. The van der Waals surface area contributed by atoms with E-state index >= 15 is 4.39 Å². The lowest BCUT2D eigenvalue weighted by atomic mass is 9.45. The predicted molar refractivity (Wildman–Crippen MR) is 90.3 cm³/mol. The van der Waals surface area contributed by atoms with Crippen LogP contribution in [0, 0.1) is 40.4 Å². The van der Waals surface area contributed by atoms with Crippen molar-refractivity contribution < 1.29 is 4.39 Å². The van der Waals surface area contributed by atoms with Crippen LogP contribution in [-0.4, -0.2) is 6.17 Å². The van der Waals surface area contributed by atoms with Crippen molar-refractivity contribution in [3.8, 4) is 0 Å². The van der Waals surface area contributed by atoms with Crippen molar-refractivity contribution in [2.75, 3.05) is 0 Å². The Morgan fingerprint density at radius 2 is 1.86 bits per heavy atom. The van der Waals surface area contributed by atoms with Crippen LogP contribution in [0.2, 0.25) is 0 Å². The number of allylic oxidation sites excluding steroid dienone is 2. The molecule has 4 aliphatic carbocycles. The van der Waals surface area contributed by atoms with Gasteiger partial charge in [0, 0.05) is 0 Å². The second kappa shape index (κ2) is 5.08. The zero-order valence-corrected chi connectivity index (χ0v) is 14.7. The number of alkyl halides is 1. The highest BCUT2D eigenvalue weighted by Gasteiger charge is 2.62. The molecule has 4 rings (SSSR count). The first kappa shape index (κ1) is 15.2. The van der Waals surface area contributed by atoms with Crippen LogP contribution in [0.25, 0.3) is 0 Å². The highest BCUT2D eigenvalue weighted by Crippen LogP contribution is 2.67. The van der Waals surface area contributed by atoms with E-state index in [0.29, 0.717) is 17.3 Å². The average molecular weight is 304 g/mol. The third kappa shape index (κ3) is 1.86. The fourth-order valence-electron chi connectivity index (χ4n) is 7.67. The Labute approximate surface area is 135 Å². The van der Waals surface area contributed by atoms with Gasteiger partial charge in [0.2, 0.25) is 0 Å². The van der Waals surface area contributed by atoms with Gasteiger partial charge in [-0.1, -0.05) is 39.3 Å². The van der Waals surface area contributed by atoms with E-state index in [1.165, 1.54) is 38.5 Å². The molecule has 3 fully saturated rings. The average Bonchev–Trinajstić information content (AvgIpc) is 2.82. The Bertz CT molecular complexity index is 469. The summed E-state index contributed by atoms with van der Waals surface area (Å²) >= 11 is 0. The number of rotatable bonds is 1. The van der Waals surface area contributed by atoms with Gasteiger partial charge >= 0.3 is 0 Å². The van der Waals surface area contributed by atoms with Gasteiger partial charge in [0.15, 0.2) is 0 Å². The van der Waals surface area contributed by atoms with E-state index in [1.54, 1.807) is 0 Å². The zero-order chi connectivity index (χ0) is 15.5. The van der Waals surface area contributed by atoms with Crippen LogP contribution >= 0.6 is 0 Å². The van der Waals surface area contributed by atoms with Gasteiger partial charge in [-0.3, -0.25) is 0 Å². The summed E-state index contributed by atoms with van der Waals surface area (Å²) in [5.74, 6) is 3.32. The molecule has 22 heavy (non-hydrogen) atoms. The highest BCUT2D eigenvalue weighted by molar-refractivity contribution is 5.14. The maximum atomic E-state index is 15.5. The predicted octanol–water partition coefficient (Wildman–Crippen LogP) is 6.17. The monoisotopic (exact) mass is 304 g/mol. The first-order valence-corrected chi connectivity index (χ1v) is 9.79. The summed E-state index contributed by atoms with van der Waals surface area (Å²) in [4.78, 5) is 0. The molecule has 1 heteroatoms. The van der Waals surface area contributed by atoms with Crippen LogP contribution in [0.3, 0.4) is 0 Å². The lowest BCUT2D eigenvalue weighted by Crippen LogP contribution is -2.56. The third-order valence-electron chi connectivity index (χ3n) is 8.79. The molecule has 0 radical (unpaired) electrons. The lowest BCUT2D eigenvalue weighted by Gasteiger charge is -2.60. The summed E-state index contributed by atoms with van der Waals surface area (Å²) < 4.78 is 15.5. The van der Waals surface area contributed by atoms with Crippen LogP contribution in [0.4, 0.5) is 4.39 Å². The van der Waals surface area contributed by atoms with E-state index < -0.39 is 6.17 Å². The van der Waals surface area contributed by atoms with E-state index in [-0.39, 0.29) is 5.41 Å². The fourth-order valence-corrected chi connectivity index (χ4v) is 7.67. The van der Waals surface area contributed by atoms with Crippen LogP contribution in [0.1, 0.15) is 72.1 Å². The molecule has 0 spiro atoms. The Kier molecular flexibility index (Phi) is 3.51. The molecule has 0 bridgehead atoms. The van der Waals surface area contributed by atoms with Crippen molar-refractivity contribution in [2.24, 2.45) is 40.4 Å². The van der Waals surface area contributed by atoms with Gasteiger partial charge < -0.3 is 0 Å². The minimum absolute atomic E-state index is 0.239. The molecule has 0 aromatic rings. The number of hydrogen-bond acceptors (Lipinski definition) is 0. The van der Waals surface area contributed by atoms with Gasteiger partial charge in [0.1, 0.15) is 6.17 Å². The fraction of sp³-hybridized carbons (Fsp3) is 0.905. The van der Waals surface area contributed by atoms with Gasteiger partial charge in [-0.05, 0) is 85.4 Å². The smallest absolute Gasteiger partial charge is 0.104 e. The Morgan fingerprint density at radius 1 is 1.05 bits per heavy atom. The minimum Gasteiger partial charge on any atom is -0.247 e. The van der Waals surface area contributed by atoms with Gasteiger partial charge in [0.05, 0.1) is 0 Å². The van der Waals surface area contributed by atoms with Crippen molar-refractivity contribution in [1.82, 2.24) is 0 Å². The van der Waals surface area contributed by atoms with Crippen LogP contribution < -0.4 is 0 Å². The largest absolute Gasteiger partial charge is 0.247 e. The number of halogens is 1. The zero-order valence-electron chi connectivity index (χ0n) is 14.7. The molecule has 124 valence electrons. The Morgan fingerprint density at radius 3 is 2.64 bits per heavy atom. The summed E-state index contributed by atoms with van der Waals surface area (Å²) in [6.45, 7) is 7.19. The molecule has 3 saturated carbocycles. The van der Waals surface area contributed by atoms with E-state index in [1.807, 2.05) is 0 Å². The second-order valence-electron chi connectivity index (χ2n) is 9.40. The Hall–Kier alpha value is -0.330. The van der Waals surface area contributed by atoms with E-state index in [2.05, 4.69) is 32.9 Å². The van der Waals surface area contributed by atoms with Crippen molar-refractivity contribution in [1.29, 1.82) is 0 Å².